The zero-order valence-corrected chi connectivity index (χ0v) is 15.4. The van der Waals surface area contributed by atoms with Gasteiger partial charge in [-0.25, -0.2) is 9.48 Å². The summed E-state index contributed by atoms with van der Waals surface area (Å²) in [5, 5.41) is 4.35. The SMILES string of the molecule is CCOC(=O)N1CCc2nn(CC(=O)N(C)c3ccccc3)c(=O)cc2C1. The van der Waals surface area contributed by atoms with E-state index in [2.05, 4.69) is 5.10 Å². The van der Waals surface area contributed by atoms with Gasteiger partial charge in [0.2, 0.25) is 5.91 Å². The maximum atomic E-state index is 12.5. The van der Waals surface area contributed by atoms with Gasteiger partial charge in [0.15, 0.2) is 0 Å². The van der Waals surface area contributed by atoms with Crippen LogP contribution in [0.5, 0.6) is 0 Å². The van der Waals surface area contributed by atoms with Gasteiger partial charge in [-0.15, -0.1) is 0 Å². The zero-order chi connectivity index (χ0) is 19.4. The van der Waals surface area contributed by atoms with E-state index in [0.29, 0.717) is 25.1 Å². The molecule has 0 atom stereocenters. The van der Waals surface area contributed by atoms with E-state index in [1.165, 1.54) is 15.6 Å². The number of benzene rings is 1. The van der Waals surface area contributed by atoms with E-state index in [-0.39, 0.29) is 24.6 Å². The Hall–Kier alpha value is -3.16. The molecule has 0 spiro atoms. The predicted molar refractivity (Wildman–Crippen MR) is 99.5 cm³/mol. The first-order valence-electron chi connectivity index (χ1n) is 8.82. The van der Waals surface area contributed by atoms with Gasteiger partial charge in [-0.2, -0.15) is 5.10 Å². The standard InChI is InChI=1S/C19H22N4O4/c1-3-27-19(26)22-10-9-16-14(12-22)11-17(24)23(20-16)13-18(25)21(2)15-7-5-4-6-8-15/h4-8,11H,3,9-10,12-13H2,1-2H3. The number of carbonyl (C=O) groups excluding carboxylic acids is 2. The third-order valence-corrected chi connectivity index (χ3v) is 4.47. The number of rotatable bonds is 4. The molecule has 0 aliphatic carbocycles. The van der Waals surface area contributed by atoms with Gasteiger partial charge in [0.1, 0.15) is 6.54 Å². The lowest BCUT2D eigenvalue weighted by atomic mass is 10.1. The number of amides is 2. The van der Waals surface area contributed by atoms with Gasteiger partial charge in [-0.3, -0.25) is 9.59 Å². The van der Waals surface area contributed by atoms with Crippen LogP contribution in [-0.2, 0) is 29.0 Å². The Kier molecular flexibility index (Phi) is 5.54. The number of para-hydroxylation sites is 1. The van der Waals surface area contributed by atoms with E-state index in [4.69, 9.17) is 4.74 Å². The summed E-state index contributed by atoms with van der Waals surface area (Å²) in [7, 11) is 1.67. The second kappa shape index (κ2) is 8.03. The third kappa shape index (κ3) is 4.16. The molecule has 142 valence electrons. The molecule has 8 heteroatoms. The highest BCUT2D eigenvalue weighted by atomic mass is 16.6. The van der Waals surface area contributed by atoms with Gasteiger partial charge in [-0.05, 0) is 19.1 Å². The van der Waals surface area contributed by atoms with Crippen LogP contribution in [0.2, 0.25) is 0 Å². The highest BCUT2D eigenvalue weighted by Gasteiger charge is 2.24. The minimum Gasteiger partial charge on any atom is -0.450 e. The maximum absolute atomic E-state index is 12.5. The van der Waals surface area contributed by atoms with Crippen LogP contribution < -0.4 is 10.5 Å². The Morgan fingerprint density at radius 2 is 2.00 bits per heavy atom. The monoisotopic (exact) mass is 370 g/mol. The molecule has 1 aliphatic heterocycles. The molecule has 0 N–H and O–H groups in total. The molecule has 0 saturated heterocycles. The van der Waals surface area contributed by atoms with Crippen LogP contribution in [-0.4, -0.2) is 46.9 Å². The Morgan fingerprint density at radius 3 is 2.70 bits per heavy atom. The van der Waals surface area contributed by atoms with Crippen molar-refractivity contribution in [1.29, 1.82) is 0 Å². The fraction of sp³-hybridized carbons (Fsp3) is 0.368. The Balaban J connectivity index is 1.75. The summed E-state index contributed by atoms with van der Waals surface area (Å²) in [6.45, 7) is 2.67. The van der Waals surface area contributed by atoms with Crippen LogP contribution in [0.3, 0.4) is 0 Å². The average molecular weight is 370 g/mol. The summed E-state index contributed by atoms with van der Waals surface area (Å²) in [5.74, 6) is -0.236. The van der Waals surface area contributed by atoms with Crippen molar-refractivity contribution in [1.82, 2.24) is 14.7 Å². The molecule has 2 heterocycles. The average Bonchev–Trinajstić information content (AvgIpc) is 2.68. The van der Waals surface area contributed by atoms with Crippen molar-refractivity contribution in [2.45, 2.75) is 26.4 Å². The van der Waals surface area contributed by atoms with Crippen molar-refractivity contribution in [2.75, 3.05) is 25.1 Å². The first-order valence-corrected chi connectivity index (χ1v) is 8.82. The number of anilines is 1. The zero-order valence-electron chi connectivity index (χ0n) is 15.4. The minimum atomic E-state index is -0.396. The van der Waals surface area contributed by atoms with E-state index >= 15 is 0 Å². The number of hydrogen-bond donors (Lipinski definition) is 0. The van der Waals surface area contributed by atoms with Crippen molar-refractivity contribution >= 4 is 17.7 Å². The third-order valence-electron chi connectivity index (χ3n) is 4.47. The highest BCUT2D eigenvalue weighted by Crippen LogP contribution is 2.16. The summed E-state index contributed by atoms with van der Waals surface area (Å²) in [6.07, 6.45) is 0.115. The largest absolute Gasteiger partial charge is 0.450 e. The summed E-state index contributed by atoms with van der Waals surface area (Å²) in [5.41, 5.74) is 1.80. The maximum Gasteiger partial charge on any atom is 0.410 e. The van der Waals surface area contributed by atoms with Crippen LogP contribution in [0.4, 0.5) is 10.5 Å². The number of aromatic nitrogens is 2. The van der Waals surface area contributed by atoms with Gasteiger partial charge < -0.3 is 14.5 Å². The summed E-state index contributed by atoms with van der Waals surface area (Å²) in [6, 6.07) is 10.7. The number of hydrogen-bond acceptors (Lipinski definition) is 5. The molecule has 0 saturated carbocycles. The second-order valence-corrected chi connectivity index (χ2v) is 6.27. The van der Waals surface area contributed by atoms with Gasteiger partial charge in [0.25, 0.3) is 5.56 Å². The van der Waals surface area contributed by atoms with Gasteiger partial charge >= 0.3 is 6.09 Å². The van der Waals surface area contributed by atoms with E-state index in [0.717, 1.165) is 11.4 Å². The fourth-order valence-corrected chi connectivity index (χ4v) is 2.95. The Bertz CT molecular complexity index is 894. The van der Waals surface area contributed by atoms with E-state index in [1.54, 1.807) is 18.9 Å². The smallest absolute Gasteiger partial charge is 0.410 e. The van der Waals surface area contributed by atoms with E-state index in [1.807, 2.05) is 30.3 Å². The van der Waals surface area contributed by atoms with Gasteiger partial charge in [0.05, 0.1) is 18.8 Å². The number of ether oxygens (including phenoxy) is 1. The Morgan fingerprint density at radius 1 is 1.26 bits per heavy atom. The molecular weight excluding hydrogens is 348 g/mol. The van der Waals surface area contributed by atoms with Crippen molar-refractivity contribution in [2.24, 2.45) is 0 Å². The first kappa shape index (κ1) is 18.6. The molecule has 2 amide bonds. The molecule has 0 bridgehead atoms. The predicted octanol–water partition coefficient (Wildman–Crippen LogP) is 1.42. The second-order valence-electron chi connectivity index (χ2n) is 6.27. The molecule has 1 aromatic carbocycles. The van der Waals surface area contributed by atoms with Crippen molar-refractivity contribution in [3.05, 3.63) is 58.0 Å². The molecule has 8 nitrogen and oxygen atoms in total. The summed E-state index contributed by atoms with van der Waals surface area (Å²) < 4.78 is 6.19. The van der Waals surface area contributed by atoms with Crippen molar-refractivity contribution < 1.29 is 14.3 Å². The van der Waals surface area contributed by atoms with Crippen molar-refractivity contribution in [3.63, 3.8) is 0 Å². The number of carbonyl (C=O) groups is 2. The molecule has 2 aromatic rings. The van der Waals surface area contributed by atoms with Crippen molar-refractivity contribution in [3.8, 4) is 0 Å². The quantitative estimate of drug-likeness (QED) is 0.813. The van der Waals surface area contributed by atoms with Crippen LogP contribution in [0.25, 0.3) is 0 Å². The molecule has 3 rings (SSSR count). The minimum absolute atomic E-state index is 0.140. The highest BCUT2D eigenvalue weighted by molar-refractivity contribution is 5.92. The first-order chi connectivity index (χ1) is 13.0. The van der Waals surface area contributed by atoms with E-state index in [9.17, 15) is 14.4 Å². The Labute approximate surface area is 157 Å². The van der Waals surface area contributed by atoms with Crippen LogP contribution in [0.1, 0.15) is 18.2 Å². The van der Waals surface area contributed by atoms with Crippen LogP contribution >= 0.6 is 0 Å². The fourth-order valence-electron chi connectivity index (χ4n) is 2.95. The number of nitrogens with zero attached hydrogens (tertiary/aromatic N) is 4. The molecule has 1 aromatic heterocycles. The van der Waals surface area contributed by atoms with E-state index < -0.39 is 6.09 Å². The lowest BCUT2D eigenvalue weighted by Gasteiger charge is -2.27. The van der Waals surface area contributed by atoms with Gasteiger partial charge in [-0.1, -0.05) is 18.2 Å². The normalized spacial score (nSPS) is 13.0. The van der Waals surface area contributed by atoms with Crippen LogP contribution in [0.15, 0.2) is 41.2 Å². The number of likely N-dealkylation sites (N-methyl/N-ethyl adjacent to an activating group) is 1. The molecular formula is C19H22N4O4. The molecule has 0 radical (unpaired) electrons. The van der Waals surface area contributed by atoms with Gasteiger partial charge in [0, 0.05) is 37.3 Å². The number of fused-ring (bicyclic) bond motifs is 1. The molecule has 1 aliphatic rings. The molecule has 0 fully saturated rings. The summed E-state index contributed by atoms with van der Waals surface area (Å²) >= 11 is 0. The molecule has 27 heavy (non-hydrogen) atoms. The topological polar surface area (TPSA) is 84.7 Å². The van der Waals surface area contributed by atoms with Crippen LogP contribution in [0, 0.1) is 0 Å². The summed E-state index contributed by atoms with van der Waals surface area (Å²) in [4.78, 5) is 39.8. The molecule has 0 unspecified atom stereocenters. The lowest BCUT2D eigenvalue weighted by molar-refractivity contribution is -0.119. The lowest BCUT2D eigenvalue weighted by Crippen LogP contribution is -2.40.